The fourth-order valence-electron chi connectivity index (χ4n) is 2.32. The van der Waals surface area contributed by atoms with Crippen LogP contribution in [-0.4, -0.2) is 39.5 Å². The van der Waals surface area contributed by atoms with Crippen LogP contribution in [0, 0.1) is 6.92 Å². The molecule has 17 heavy (non-hydrogen) atoms. The van der Waals surface area contributed by atoms with Crippen LogP contribution in [0.5, 0.6) is 0 Å². The van der Waals surface area contributed by atoms with E-state index in [1.165, 1.54) is 5.56 Å². The maximum atomic E-state index is 6.02. The highest BCUT2D eigenvalue weighted by molar-refractivity contribution is 5.69. The van der Waals surface area contributed by atoms with Crippen molar-refractivity contribution in [1.82, 2.24) is 0 Å². The number of hydrogen-bond donors (Lipinski definition) is 1. The van der Waals surface area contributed by atoms with Gasteiger partial charge in [0.15, 0.2) is 0 Å². The Balaban J connectivity index is 2.21. The van der Waals surface area contributed by atoms with Gasteiger partial charge in [-0.15, -0.1) is 0 Å². The Labute approximate surface area is 102 Å². The molecule has 2 N–H and O–H groups in total. The van der Waals surface area contributed by atoms with Gasteiger partial charge in [-0.2, -0.15) is 0 Å². The first-order valence-corrected chi connectivity index (χ1v) is 5.82. The highest BCUT2D eigenvalue weighted by atomic mass is 16.5. The predicted molar refractivity (Wildman–Crippen MR) is 69.4 cm³/mol. The SMILES string of the molecule is COC1CN(c2cc(C)ccc2N)CC1OC. The van der Waals surface area contributed by atoms with Crippen LogP contribution in [0.3, 0.4) is 0 Å². The van der Waals surface area contributed by atoms with Crippen molar-refractivity contribution in [3.05, 3.63) is 23.8 Å². The molecule has 2 atom stereocenters. The van der Waals surface area contributed by atoms with Crippen LogP contribution in [0.1, 0.15) is 5.56 Å². The van der Waals surface area contributed by atoms with Crippen molar-refractivity contribution < 1.29 is 9.47 Å². The third kappa shape index (κ3) is 2.37. The second kappa shape index (κ2) is 4.94. The minimum absolute atomic E-state index is 0.111. The number of rotatable bonds is 3. The van der Waals surface area contributed by atoms with Crippen LogP contribution >= 0.6 is 0 Å². The lowest BCUT2D eigenvalue weighted by Crippen LogP contribution is -2.27. The van der Waals surface area contributed by atoms with E-state index in [2.05, 4.69) is 17.9 Å². The van der Waals surface area contributed by atoms with Gasteiger partial charge < -0.3 is 20.1 Å². The second-order valence-corrected chi connectivity index (χ2v) is 4.52. The molecule has 1 aliphatic heterocycles. The molecule has 0 spiro atoms. The highest BCUT2D eigenvalue weighted by Crippen LogP contribution is 2.29. The van der Waals surface area contributed by atoms with Gasteiger partial charge in [0, 0.05) is 27.3 Å². The first-order chi connectivity index (χ1) is 8.15. The van der Waals surface area contributed by atoms with E-state index >= 15 is 0 Å². The molecule has 0 bridgehead atoms. The molecule has 1 aromatic rings. The zero-order valence-corrected chi connectivity index (χ0v) is 10.6. The highest BCUT2D eigenvalue weighted by Gasteiger charge is 2.33. The second-order valence-electron chi connectivity index (χ2n) is 4.52. The third-order valence-corrected chi connectivity index (χ3v) is 3.35. The molecule has 94 valence electrons. The fraction of sp³-hybridized carbons (Fsp3) is 0.538. The van der Waals surface area contributed by atoms with Gasteiger partial charge >= 0.3 is 0 Å². The summed E-state index contributed by atoms with van der Waals surface area (Å²) in [5.74, 6) is 0. The van der Waals surface area contributed by atoms with Gasteiger partial charge in [-0.1, -0.05) is 6.07 Å². The lowest BCUT2D eigenvalue weighted by Gasteiger charge is -2.20. The maximum Gasteiger partial charge on any atom is 0.102 e. The Hall–Kier alpha value is -1.26. The molecular formula is C13H20N2O2. The van der Waals surface area contributed by atoms with Crippen molar-refractivity contribution in [2.24, 2.45) is 0 Å². The smallest absolute Gasteiger partial charge is 0.102 e. The van der Waals surface area contributed by atoms with Gasteiger partial charge in [0.1, 0.15) is 12.2 Å². The molecule has 1 aromatic carbocycles. The summed E-state index contributed by atoms with van der Waals surface area (Å²) in [4.78, 5) is 2.23. The van der Waals surface area contributed by atoms with Crippen molar-refractivity contribution in [1.29, 1.82) is 0 Å². The van der Waals surface area contributed by atoms with E-state index in [-0.39, 0.29) is 12.2 Å². The van der Waals surface area contributed by atoms with Crippen LogP contribution < -0.4 is 10.6 Å². The third-order valence-electron chi connectivity index (χ3n) is 3.35. The summed E-state index contributed by atoms with van der Waals surface area (Å²) >= 11 is 0. The summed E-state index contributed by atoms with van der Waals surface area (Å²) in [5, 5.41) is 0. The molecule has 1 aliphatic rings. The molecule has 4 nitrogen and oxygen atoms in total. The van der Waals surface area contributed by atoms with Crippen molar-refractivity contribution in [3.63, 3.8) is 0 Å². The number of ether oxygens (including phenoxy) is 2. The van der Waals surface area contributed by atoms with Crippen LogP contribution in [0.25, 0.3) is 0 Å². The monoisotopic (exact) mass is 236 g/mol. The molecule has 2 unspecified atom stereocenters. The van der Waals surface area contributed by atoms with Crippen LogP contribution in [-0.2, 0) is 9.47 Å². The number of nitrogens with zero attached hydrogens (tertiary/aromatic N) is 1. The summed E-state index contributed by atoms with van der Waals surface area (Å²) in [6.07, 6.45) is 0.222. The van der Waals surface area contributed by atoms with E-state index < -0.39 is 0 Å². The number of benzene rings is 1. The molecule has 0 aliphatic carbocycles. The van der Waals surface area contributed by atoms with Gasteiger partial charge in [0.2, 0.25) is 0 Å². The Morgan fingerprint density at radius 3 is 2.29 bits per heavy atom. The molecule has 0 saturated carbocycles. The van der Waals surface area contributed by atoms with Crippen molar-refractivity contribution in [2.45, 2.75) is 19.1 Å². The topological polar surface area (TPSA) is 47.7 Å². The molecule has 0 aromatic heterocycles. The van der Waals surface area contributed by atoms with Gasteiger partial charge in [0.05, 0.1) is 11.4 Å². The standard InChI is InChI=1S/C13H20N2O2/c1-9-4-5-10(14)11(6-9)15-7-12(16-2)13(8-15)17-3/h4-6,12-13H,7-8,14H2,1-3H3. The lowest BCUT2D eigenvalue weighted by atomic mass is 10.2. The van der Waals surface area contributed by atoms with E-state index in [0.29, 0.717) is 0 Å². The zero-order valence-electron chi connectivity index (χ0n) is 10.6. The van der Waals surface area contributed by atoms with E-state index in [1.807, 2.05) is 12.1 Å². The summed E-state index contributed by atoms with van der Waals surface area (Å²) in [7, 11) is 3.44. The maximum absolute atomic E-state index is 6.02. The van der Waals surface area contributed by atoms with Gasteiger partial charge in [0.25, 0.3) is 0 Å². The molecule has 0 amide bonds. The first-order valence-electron chi connectivity index (χ1n) is 5.82. The molecule has 4 heteroatoms. The molecule has 2 rings (SSSR count). The summed E-state index contributed by atoms with van der Waals surface area (Å²) in [6, 6.07) is 6.09. The normalized spacial score (nSPS) is 24.3. The average Bonchev–Trinajstić information content (AvgIpc) is 2.75. The van der Waals surface area contributed by atoms with Crippen molar-refractivity contribution in [3.8, 4) is 0 Å². The molecule has 1 saturated heterocycles. The van der Waals surface area contributed by atoms with E-state index in [1.54, 1.807) is 14.2 Å². The number of hydrogen-bond acceptors (Lipinski definition) is 4. The van der Waals surface area contributed by atoms with E-state index in [4.69, 9.17) is 15.2 Å². The molecule has 1 fully saturated rings. The summed E-state index contributed by atoms with van der Waals surface area (Å²) in [6.45, 7) is 3.71. The van der Waals surface area contributed by atoms with Gasteiger partial charge in [-0.3, -0.25) is 0 Å². The number of aryl methyl sites for hydroxylation is 1. The molecular weight excluding hydrogens is 216 g/mol. The largest absolute Gasteiger partial charge is 0.397 e. The van der Waals surface area contributed by atoms with Crippen molar-refractivity contribution >= 4 is 11.4 Å². The lowest BCUT2D eigenvalue weighted by molar-refractivity contribution is -0.00461. The van der Waals surface area contributed by atoms with Gasteiger partial charge in [-0.25, -0.2) is 0 Å². The number of anilines is 2. The Morgan fingerprint density at radius 2 is 1.76 bits per heavy atom. The fourth-order valence-corrected chi connectivity index (χ4v) is 2.32. The van der Waals surface area contributed by atoms with Crippen LogP contribution in [0.15, 0.2) is 18.2 Å². The summed E-state index contributed by atoms with van der Waals surface area (Å²) < 4.78 is 10.9. The Kier molecular flexibility index (Phi) is 3.54. The van der Waals surface area contributed by atoms with E-state index in [0.717, 1.165) is 24.5 Å². The Bertz CT molecular complexity index is 383. The van der Waals surface area contributed by atoms with Gasteiger partial charge in [-0.05, 0) is 24.6 Å². The molecule has 0 radical (unpaired) electrons. The van der Waals surface area contributed by atoms with Crippen LogP contribution in [0.4, 0.5) is 11.4 Å². The summed E-state index contributed by atoms with van der Waals surface area (Å²) in [5.41, 5.74) is 9.11. The average molecular weight is 236 g/mol. The zero-order chi connectivity index (χ0) is 12.4. The number of methoxy groups -OCH3 is 2. The predicted octanol–water partition coefficient (Wildman–Crippen LogP) is 1.43. The van der Waals surface area contributed by atoms with Crippen LogP contribution in [0.2, 0.25) is 0 Å². The minimum Gasteiger partial charge on any atom is -0.397 e. The number of nitrogen functional groups attached to an aromatic ring is 1. The number of nitrogens with two attached hydrogens (primary N) is 1. The molecule has 1 heterocycles. The quantitative estimate of drug-likeness (QED) is 0.806. The first kappa shape index (κ1) is 12.2. The van der Waals surface area contributed by atoms with Crippen molar-refractivity contribution in [2.75, 3.05) is 37.9 Å². The Morgan fingerprint density at radius 1 is 1.18 bits per heavy atom. The van der Waals surface area contributed by atoms with E-state index in [9.17, 15) is 0 Å². The minimum atomic E-state index is 0.111.